The maximum absolute atomic E-state index is 11.7. The number of para-hydroxylation sites is 1. The molecular formula is C16H12N2O2. The van der Waals surface area contributed by atoms with E-state index >= 15 is 0 Å². The van der Waals surface area contributed by atoms with E-state index in [1.54, 1.807) is 12.3 Å². The molecule has 3 aromatic rings. The molecule has 2 aromatic heterocycles. The lowest BCUT2D eigenvalue weighted by Crippen LogP contribution is -2.05. The molecule has 0 radical (unpaired) electrons. The van der Waals surface area contributed by atoms with Gasteiger partial charge in [0.25, 0.3) is 0 Å². The minimum Gasteiger partial charge on any atom is -0.464 e. The van der Waals surface area contributed by atoms with Crippen molar-refractivity contribution in [2.24, 2.45) is 0 Å². The number of hydrogen-bond acceptors (Lipinski definition) is 4. The molecule has 0 aliphatic carbocycles. The van der Waals surface area contributed by atoms with Gasteiger partial charge in [-0.25, -0.2) is 9.78 Å². The predicted octanol–water partition coefficient (Wildman–Crippen LogP) is 3.08. The molecule has 0 spiro atoms. The van der Waals surface area contributed by atoms with Gasteiger partial charge >= 0.3 is 5.97 Å². The fraction of sp³-hybridized carbons (Fsp3) is 0.0625. The highest BCUT2D eigenvalue weighted by Crippen LogP contribution is 2.27. The normalized spacial score (nSPS) is 10.4. The first kappa shape index (κ1) is 12.3. The minimum absolute atomic E-state index is 0.284. The predicted molar refractivity (Wildman–Crippen MR) is 76.3 cm³/mol. The SMILES string of the molecule is COC(=O)c1cc(-c2ccccn2)c2ccccc2n1. The first-order chi connectivity index (χ1) is 9.79. The Morgan fingerprint density at radius 1 is 1.10 bits per heavy atom. The van der Waals surface area contributed by atoms with Crippen molar-refractivity contribution in [1.29, 1.82) is 0 Å². The van der Waals surface area contributed by atoms with E-state index in [1.165, 1.54) is 7.11 Å². The number of esters is 1. The molecule has 0 saturated carbocycles. The Labute approximate surface area is 116 Å². The van der Waals surface area contributed by atoms with Crippen LogP contribution in [-0.2, 0) is 4.74 Å². The zero-order chi connectivity index (χ0) is 13.9. The average molecular weight is 264 g/mol. The largest absolute Gasteiger partial charge is 0.464 e. The van der Waals surface area contributed by atoms with Gasteiger partial charge in [0.1, 0.15) is 5.69 Å². The molecule has 0 N–H and O–H groups in total. The lowest BCUT2D eigenvalue weighted by molar-refractivity contribution is 0.0594. The maximum atomic E-state index is 11.7. The van der Waals surface area contributed by atoms with Gasteiger partial charge in [-0.05, 0) is 24.3 Å². The number of pyridine rings is 2. The second kappa shape index (κ2) is 5.09. The van der Waals surface area contributed by atoms with Crippen molar-refractivity contribution in [3.8, 4) is 11.3 Å². The highest BCUT2D eigenvalue weighted by atomic mass is 16.5. The van der Waals surface area contributed by atoms with Gasteiger partial charge in [0.05, 0.1) is 18.3 Å². The van der Waals surface area contributed by atoms with Gasteiger partial charge in [-0.15, -0.1) is 0 Å². The molecule has 98 valence electrons. The summed E-state index contributed by atoms with van der Waals surface area (Å²) in [5.74, 6) is -0.451. The van der Waals surface area contributed by atoms with E-state index in [0.29, 0.717) is 0 Å². The molecule has 4 nitrogen and oxygen atoms in total. The molecule has 4 heteroatoms. The summed E-state index contributed by atoms with van der Waals surface area (Å²) in [4.78, 5) is 20.4. The van der Waals surface area contributed by atoms with Gasteiger partial charge in [-0.1, -0.05) is 24.3 Å². The molecule has 0 atom stereocenters. The summed E-state index contributed by atoms with van der Waals surface area (Å²) in [6.07, 6.45) is 1.72. The summed E-state index contributed by atoms with van der Waals surface area (Å²) in [7, 11) is 1.35. The molecule has 0 aliphatic rings. The first-order valence-electron chi connectivity index (χ1n) is 6.19. The van der Waals surface area contributed by atoms with Gasteiger partial charge in [0.2, 0.25) is 0 Å². The van der Waals surface area contributed by atoms with Crippen LogP contribution < -0.4 is 0 Å². The third-order valence-electron chi connectivity index (χ3n) is 3.05. The summed E-state index contributed by atoms with van der Waals surface area (Å²) in [5.41, 5.74) is 2.70. The lowest BCUT2D eigenvalue weighted by Gasteiger charge is -2.08. The number of methoxy groups -OCH3 is 1. The Kier molecular flexibility index (Phi) is 3.13. The average Bonchev–Trinajstić information content (AvgIpc) is 2.54. The lowest BCUT2D eigenvalue weighted by atomic mass is 10.0. The van der Waals surface area contributed by atoms with Crippen LogP contribution in [0.2, 0.25) is 0 Å². The van der Waals surface area contributed by atoms with Crippen LogP contribution in [0, 0.1) is 0 Å². The third-order valence-corrected chi connectivity index (χ3v) is 3.05. The van der Waals surface area contributed by atoms with Crippen LogP contribution in [0.4, 0.5) is 0 Å². The van der Waals surface area contributed by atoms with Crippen molar-refractivity contribution in [1.82, 2.24) is 9.97 Å². The summed E-state index contributed by atoms with van der Waals surface area (Å²) < 4.78 is 4.75. The molecule has 20 heavy (non-hydrogen) atoms. The molecule has 1 aromatic carbocycles. The highest BCUT2D eigenvalue weighted by Gasteiger charge is 2.13. The van der Waals surface area contributed by atoms with Gasteiger partial charge in [-0.3, -0.25) is 4.98 Å². The molecule has 0 saturated heterocycles. The quantitative estimate of drug-likeness (QED) is 0.667. The van der Waals surface area contributed by atoms with Crippen molar-refractivity contribution in [2.75, 3.05) is 7.11 Å². The molecule has 0 amide bonds. The van der Waals surface area contributed by atoms with E-state index in [-0.39, 0.29) is 5.69 Å². The van der Waals surface area contributed by atoms with Crippen LogP contribution in [0.5, 0.6) is 0 Å². The Balaban J connectivity index is 2.31. The summed E-state index contributed by atoms with van der Waals surface area (Å²) in [6, 6.07) is 15.1. The Bertz CT molecular complexity index is 770. The number of carbonyl (C=O) groups is 1. The number of nitrogens with zero attached hydrogens (tertiary/aromatic N) is 2. The van der Waals surface area contributed by atoms with Crippen LogP contribution >= 0.6 is 0 Å². The number of carbonyl (C=O) groups excluding carboxylic acids is 1. The van der Waals surface area contributed by atoms with Crippen molar-refractivity contribution < 1.29 is 9.53 Å². The molecule has 3 rings (SSSR count). The smallest absolute Gasteiger partial charge is 0.356 e. The fourth-order valence-corrected chi connectivity index (χ4v) is 2.12. The van der Waals surface area contributed by atoms with Gasteiger partial charge in [-0.2, -0.15) is 0 Å². The second-order valence-corrected chi connectivity index (χ2v) is 4.28. The van der Waals surface area contributed by atoms with Crippen LogP contribution in [0.1, 0.15) is 10.5 Å². The third kappa shape index (κ3) is 2.12. The molecule has 2 heterocycles. The second-order valence-electron chi connectivity index (χ2n) is 4.28. The summed E-state index contributed by atoms with van der Waals surface area (Å²) in [6.45, 7) is 0. The van der Waals surface area contributed by atoms with E-state index < -0.39 is 5.97 Å². The molecule has 0 bridgehead atoms. The monoisotopic (exact) mass is 264 g/mol. The Hall–Kier alpha value is -2.75. The summed E-state index contributed by atoms with van der Waals surface area (Å²) >= 11 is 0. The first-order valence-corrected chi connectivity index (χ1v) is 6.19. The Morgan fingerprint density at radius 3 is 2.65 bits per heavy atom. The van der Waals surface area contributed by atoms with E-state index in [9.17, 15) is 4.79 Å². The van der Waals surface area contributed by atoms with Crippen molar-refractivity contribution in [3.05, 3.63) is 60.4 Å². The number of aromatic nitrogens is 2. The topological polar surface area (TPSA) is 52.1 Å². The van der Waals surface area contributed by atoms with Crippen LogP contribution in [0.3, 0.4) is 0 Å². The molecule has 0 unspecified atom stereocenters. The molecular weight excluding hydrogens is 252 g/mol. The standard InChI is InChI=1S/C16H12N2O2/c1-20-16(19)15-10-12(13-7-4-5-9-17-13)11-6-2-3-8-14(11)18-15/h2-10H,1H3. The van der Waals surface area contributed by atoms with Crippen molar-refractivity contribution >= 4 is 16.9 Å². The summed E-state index contributed by atoms with van der Waals surface area (Å²) in [5, 5.41) is 0.957. The number of hydrogen-bond donors (Lipinski definition) is 0. The number of fused-ring (bicyclic) bond motifs is 1. The van der Waals surface area contributed by atoms with Crippen molar-refractivity contribution in [3.63, 3.8) is 0 Å². The highest BCUT2D eigenvalue weighted by molar-refractivity contribution is 5.98. The number of rotatable bonds is 2. The van der Waals surface area contributed by atoms with Gasteiger partial charge in [0.15, 0.2) is 0 Å². The van der Waals surface area contributed by atoms with Gasteiger partial charge < -0.3 is 4.74 Å². The van der Waals surface area contributed by atoms with Gasteiger partial charge in [0, 0.05) is 17.1 Å². The Morgan fingerprint density at radius 2 is 1.90 bits per heavy atom. The zero-order valence-electron chi connectivity index (χ0n) is 10.9. The van der Waals surface area contributed by atoms with E-state index in [4.69, 9.17) is 4.74 Å². The number of benzene rings is 1. The van der Waals surface area contributed by atoms with E-state index in [0.717, 1.165) is 22.2 Å². The zero-order valence-corrected chi connectivity index (χ0v) is 10.9. The van der Waals surface area contributed by atoms with Crippen LogP contribution in [0.15, 0.2) is 54.7 Å². The number of ether oxygens (including phenoxy) is 1. The molecule has 0 fully saturated rings. The van der Waals surface area contributed by atoms with Crippen LogP contribution in [0.25, 0.3) is 22.2 Å². The maximum Gasteiger partial charge on any atom is 0.356 e. The van der Waals surface area contributed by atoms with E-state index in [2.05, 4.69) is 9.97 Å². The molecule has 0 aliphatic heterocycles. The fourth-order valence-electron chi connectivity index (χ4n) is 2.12. The van der Waals surface area contributed by atoms with Crippen LogP contribution in [-0.4, -0.2) is 23.0 Å². The van der Waals surface area contributed by atoms with Crippen molar-refractivity contribution in [2.45, 2.75) is 0 Å². The van der Waals surface area contributed by atoms with E-state index in [1.807, 2.05) is 42.5 Å². The minimum atomic E-state index is -0.451.